The largest absolute Gasteiger partial charge is 0.510 e. The van der Waals surface area contributed by atoms with Crippen LogP contribution in [0.5, 0.6) is 11.5 Å². The summed E-state index contributed by atoms with van der Waals surface area (Å²) in [5.74, 6) is 2.00. The minimum absolute atomic E-state index is 0. The molecule has 5 nitrogen and oxygen atoms in total. The number of benzene rings is 10. The molecule has 0 unspecified atom stereocenters. The third kappa shape index (κ3) is 7.93. The van der Waals surface area contributed by atoms with Gasteiger partial charge in [0, 0.05) is 44.3 Å². The number of hydrogen-bond donors (Lipinski definition) is 0. The van der Waals surface area contributed by atoms with Crippen LogP contribution in [0.15, 0.2) is 249 Å². The summed E-state index contributed by atoms with van der Waals surface area (Å²) in [6, 6.07) is 95.4. The number of ether oxygens (including phenoxy) is 1. The summed E-state index contributed by atoms with van der Waals surface area (Å²) in [6.45, 7) is 6.69. The third-order valence-corrected chi connectivity index (χ3v) is 20.1. The van der Waals surface area contributed by atoms with Gasteiger partial charge in [-0.15, -0.1) is 29.7 Å². The molecular weight excluding hydrogens is 1140 g/mol. The fourth-order valence-corrected chi connectivity index (χ4v) is 16.6. The molecule has 1 aliphatic heterocycles. The zero-order chi connectivity index (χ0) is 51.0. The summed E-state index contributed by atoms with van der Waals surface area (Å²) in [5.41, 5.74) is 13.9. The molecule has 372 valence electrons. The topological polar surface area (TPSA) is 35.9 Å². The molecule has 4 heterocycles. The molecule has 0 saturated carbocycles. The van der Waals surface area contributed by atoms with E-state index in [4.69, 9.17) is 9.72 Å². The van der Waals surface area contributed by atoms with E-state index in [1.54, 1.807) is 0 Å². The second kappa shape index (κ2) is 19.2. The summed E-state index contributed by atoms with van der Waals surface area (Å²) < 4.78 is 13.3. The van der Waals surface area contributed by atoms with Crippen molar-refractivity contribution in [3.05, 3.63) is 273 Å². The molecule has 1 aliphatic rings. The van der Waals surface area contributed by atoms with Gasteiger partial charge in [0.2, 0.25) is 0 Å². The fourth-order valence-electron chi connectivity index (χ4n) is 11.8. The zero-order valence-corrected chi connectivity index (χ0v) is 46.0. The van der Waals surface area contributed by atoms with Crippen molar-refractivity contribution in [1.29, 1.82) is 0 Å². The van der Waals surface area contributed by atoms with Crippen molar-refractivity contribution in [3.63, 3.8) is 0 Å². The molecule has 0 radical (unpaired) electrons. The van der Waals surface area contributed by atoms with Gasteiger partial charge in [-0.05, 0) is 100 Å². The molecule has 13 aromatic rings. The van der Waals surface area contributed by atoms with Crippen molar-refractivity contribution in [2.24, 2.45) is 0 Å². The number of pyridine rings is 1. The number of nitrogens with zero attached hydrogens (tertiary/aromatic N) is 4. The molecule has 0 saturated heterocycles. The first-order valence-corrected chi connectivity index (χ1v) is 28.0. The molecule has 7 heteroatoms. The predicted molar refractivity (Wildman–Crippen MR) is 312 cm³/mol. The summed E-state index contributed by atoms with van der Waals surface area (Å²) in [5, 5.41) is 7.53. The Morgan fingerprint density at radius 1 is 0.468 bits per heavy atom. The normalized spacial score (nSPS) is 12.0. The second-order valence-corrected chi connectivity index (χ2v) is 24.5. The van der Waals surface area contributed by atoms with Crippen molar-refractivity contribution in [3.8, 4) is 62.1 Å². The number of aromatic nitrogens is 4. The minimum Gasteiger partial charge on any atom is -0.510 e. The maximum atomic E-state index is 6.75. The van der Waals surface area contributed by atoms with E-state index in [-0.39, 0.29) is 26.5 Å². The monoisotopic (exact) mass is 1190 g/mol. The van der Waals surface area contributed by atoms with Crippen molar-refractivity contribution in [1.82, 2.24) is 14.1 Å². The van der Waals surface area contributed by atoms with Crippen LogP contribution in [0.1, 0.15) is 26.3 Å². The van der Waals surface area contributed by atoms with E-state index in [0.717, 1.165) is 66.7 Å². The van der Waals surface area contributed by atoms with Crippen LogP contribution in [0.25, 0.3) is 83.4 Å². The van der Waals surface area contributed by atoms with Crippen molar-refractivity contribution in [2.75, 3.05) is 0 Å². The van der Waals surface area contributed by atoms with Crippen LogP contribution in [0.2, 0.25) is 0 Å². The van der Waals surface area contributed by atoms with E-state index < -0.39 is 8.07 Å². The molecule has 0 amide bonds. The van der Waals surface area contributed by atoms with Crippen LogP contribution in [0.3, 0.4) is 0 Å². The molecule has 0 aliphatic carbocycles. The molecule has 10 aromatic carbocycles. The first kappa shape index (κ1) is 48.0. The molecule has 14 rings (SSSR count). The molecule has 0 bridgehead atoms. The third-order valence-electron chi connectivity index (χ3n) is 15.3. The summed E-state index contributed by atoms with van der Waals surface area (Å²) in [6.07, 6.45) is 5.80. The van der Waals surface area contributed by atoms with Crippen molar-refractivity contribution in [2.45, 2.75) is 26.2 Å². The molecule has 0 atom stereocenters. The minimum atomic E-state index is -2.89. The van der Waals surface area contributed by atoms with Crippen LogP contribution in [0.4, 0.5) is 0 Å². The SMILES string of the molecule is CC(C)(C)c1ccnc(-n2c3[c-]c(Oc4[c-]c(-n5[c-][n+]6c7c(cccc75)-c5ccccc5-c5ccc([Si](c7ccccc7)(c7ccccc7)c7ccccc7)cc5-c5ccccc5-6)ccc4)ccc3c3ccccc32)c1.[Pt]. The summed E-state index contributed by atoms with van der Waals surface area (Å²) >= 11 is 0. The predicted octanol–water partition coefficient (Wildman–Crippen LogP) is 13.6. The molecule has 0 N–H and O–H groups in total. The Morgan fingerprint density at radius 2 is 1.05 bits per heavy atom. The zero-order valence-electron chi connectivity index (χ0n) is 42.7. The van der Waals surface area contributed by atoms with E-state index in [0.29, 0.717) is 11.5 Å². The maximum Gasteiger partial charge on any atom is 0.268 e. The van der Waals surface area contributed by atoms with Crippen LogP contribution in [-0.2, 0) is 26.5 Å². The standard InChI is InChI=1S/C70H50N4OSi.Pt/c1-70(2,3)48-41-42-71-68(43-48)74-65-35-18-16-31-59(65)61-39-37-51(45-67(61)74)75-50-22-19-21-49(44-50)72-47-73-64-34-17-15-32-60(64)63-46-55(38-40-58(63)56-29-13-14-30-57(56)62-33-20-36-66(72)69(62)73)76(52-23-7-4-8-24-52,53-25-9-5-10-26-53)54-27-11-6-12-28-54;/h4-43,46H,1-3H3;/q-2;. The molecular formula is C70H50N4OPtSi-2. The van der Waals surface area contributed by atoms with Gasteiger partial charge in [-0.3, -0.25) is 4.57 Å². The summed E-state index contributed by atoms with van der Waals surface area (Å²) in [7, 11) is -2.89. The van der Waals surface area contributed by atoms with Gasteiger partial charge >= 0.3 is 0 Å². The van der Waals surface area contributed by atoms with Gasteiger partial charge in [0.1, 0.15) is 5.82 Å². The fraction of sp³-hybridized carbons (Fsp3) is 0.0571. The first-order chi connectivity index (χ1) is 37.3. The molecule has 0 spiro atoms. The van der Waals surface area contributed by atoms with E-state index in [1.165, 1.54) is 43.0 Å². The van der Waals surface area contributed by atoms with Crippen LogP contribution < -0.4 is 30.1 Å². The second-order valence-electron chi connectivity index (χ2n) is 20.7. The quantitative estimate of drug-likeness (QED) is 0.0658. The van der Waals surface area contributed by atoms with E-state index in [1.807, 2.05) is 24.4 Å². The Balaban J connectivity index is 0.00000566. The van der Waals surface area contributed by atoms with Gasteiger partial charge in [0.25, 0.3) is 6.33 Å². The van der Waals surface area contributed by atoms with Crippen LogP contribution >= 0.6 is 0 Å². The Bertz CT molecular complexity index is 4270. The van der Waals surface area contributed by atoms with Gasteiger partial charge in [-0.25, -0.2) is 4.98 Å². The van der Waals surface area contributed by atoms with Crippen molar-refractivity contribution >= 4 is 61.7 Å². The van der Waals surface area contributed by atoms with E-state index in [2.05, 4.69) is 277 Å². The van der Waals surface area contributed by atoms with Crippen LogP contribution in [0, 0.1) is 18.5 Å². The number of rotatable bonds is 8. The molecule has 3 aromatic heterocycles. The van der Waals surface area contributed by atoms with Gasteiger partial charge in [-0.1, -0.05) is 214 Å². The molecule has 0 fully saturated rings. The molecule has 77 heavy (non-hydrogen) atoms. The van der Waals surface area contributed by atoms with Crippen LogP contribution in [-0.4, -0.2) is 22.2 Å². The Labute approximate surface area is 464 Å². The van der Waals surface area contributed by atoms with E-state index in [9.17, 15) is 0 Å². The number of imidazole rings is 1. The van der Waals surface area contributed by atoms with Gasteiger partial charge < -0.3 is 13.9 Å². The Morgan fingerprint density at radius 3 is 1.77 bits per heavy atom. The Kier molecular flexibility index (Phi) is 11.9. The number of fused-ring (bicyclic) bond motifs is 10. The van der Waals surface area contributed by atoms with Gasteiger partial charge in [0.05, 0.1) is 16.7 Å². The average molecular weight is 1190 g/mol. The first-order valence-electron chi connectivity index (χ1n) is 26.0. The van der Waals surface area contributed by atoms with Gasteiger partial charge in [-0.2, -0.15) is 18.2 Å². The smallest absolute Gasteiger partial charge is 0.268 e. The van der Waals surface area contributed by atoms with Gasteiger partial charge in [0.15, 0.2) is 8.07 Å². The van der Waals surface area contributed by atoms with E-state index >= 15 is 0 Å². The average Bonchev–Trinajstić information content (AvgIpc) is 4.20. The summed E-state index contributed by atoms with van der Waals surface area (Å²) in [4.78, 5) is 4.89. The Hall–Kier alpha value is -8.67. The maximum absolute atomic E-state index is 6.75. The van der Waals surface area contributed by atoms with Crippen molar-refractivity contribution < 1.29 is 30.4 Å². The number of para-hydroxylation sites is 3. The number of hydrogen-bond acceptors (Lipinski definition) is 2.